The number of carboxylic acids is 1. The molecule has 5 heteroatoms. The van der Waals surface area contributed by atoms with Gasteiger partial charge in [-0.1, -0.05) is 19.8 Å². The molecule has 0 heterocycles. The van der Waals surface area contributed by atoms with Gasteiger partial charge in [0.25, 0.3) is 0 Å². The number of unbranched alkanes of at least 4 members (excludes halogenated alkanes) is 3. The number of carbonyl (C=O) groups is 2. The fraction of sp³-hybridized carbons (Fsp3) is 0.818. The van der Waals surface area contributed by atoms with E-state index in [2.05, 4.69) is 17.6 Å². The van der Waals surface area contributed by atoms with Crippen LogP contribution in [-0.2, 0) is 4.79 Å². The molecule has 0 unspecified atom stereocenters. The first-order chi connectivity index (χ1) is 7.66. The molecule has 16 heavy (non-hydrogen) atoms. The van der Waals surface area contributed by atoms with Crippen LogP contribution in [0.1, 0.15) is 45.4 Å². The van der Waals surface area contributed by atoms with Crippen molar-refractivity contribution in [3.8, 4) is 0 Å². The number of urea groups is 1. The Balaban J connectivity index is 3.20. The summed E-state index contributed by atoms with van der Waals surface area (Å²) in [6.07, 6.45) is 4.74. The Morgan fingerprint density at radius 1 is 1.00 bits per heavy atom. The lowest BCUT2D eigenvalue weighted by Gasteiger charge is -2.06. The van der Waals surface area contributed by atoms with Gasteiger partial charge in [0.15, 0.2) is 0 Å². The van der Waals surface area contributed by atoms with Crippen LogP contribution in [0.4, 0.5) is 4.79 Å². The summed E-state index contributed by atoms with van der Waals surface area (Å²) < 4.78 is 0. The number of hydrogen-bond acceptors (Lipinski definition) is 2. The van der Waals surface area contributed by atoms with Crippen LogP contribution in [0, 0.1) is 0 Å². The maximum absolute atomic E-state index is 11.2. The van der Waals surface area contributed by atoms with Crippen LogP contribution in [0.15, 0.2) is 0 Å². The molecule has 0 aromatic heterocycles. The molecule has 0 aromatic rings. The normalized spacial score (nSPS) is 9.81. The smallest absolute Gasteiger partial charge is 0.314 e. The molecule has 0 fully saturated rings. The number of nitrogens with one attached hydrogen (secondary N) is 2. The zero-order chi connectivity index (χ0) is 12.2. The summed E-state index contributed by atoms with van der Waals surface area (Å²) >= 11 is 0. The maximum Gasteiger partial charge on any atom is 0.314 e. The van der Waals surface area contributed by atoms with E-state index in [1.807, 2.05) is 0 Å². The van der Waals surface area contributed by atoms with Crippen molar-refractivity contribution in [2.45, 2.75) is 45.4 Å². The summed E-state index contributed by atoms with van der Waals surface area (Å²) in [5, 5.41) is 13.8. The molecule has 0 rings (SSSR count). The van der Waals surface area contributed by atoms with Crippen LogP contribution in [0.5, 0.6) is 0 Å². The zero-order valence-electron chi connectivity index (χ0n) is 9.92. The molecule has 0 saturated heterocycles. The third kappa shape index (κ3) is 10.8. The van der Waals surface area contributed by atoms with E-state index in [0.717, 1.165) is 19.3 Å². The molecule has 0 saturated carbocycles. The third-order valence-corrected chi connectivity index (χ3v) is 2.17. The molecule has 0 aliphatic carbocycles. The van der Waals surface area contributed by atoms with E-state index in [-0.39, 0.29) is 12.5 Å². The summed E-state index contributed by atoms with van der Waals surface area (Å²) in [4.78, 5) is 21.4. The van der Waals surface area contributed by atoms with Gasteiger partial charge in [-0.2, -0.15) is 0 Å². The summed E-state index contributed by atoms with van der Waals surface area (Å²) in [7, 11) is 0. The van der Waals surface area contributed by atoms with Crippen molar-refractivity contribution in [1.29, 1.82) is 0 Å². The van der Waals surface area contributed by atoms with Crippen molar-refractivity contribution in [3.63, 3.8) is 0 Å². The van der Waals surface area contributed by atoms with Crippen LogP contribution >= 0.6 is 0 Å². The number of amides is 2. The minimum absolute atomic E-state index is 0.161. The molecule has 5 nitrogen and oxygen atoms in total. The minimum Gasteiger partial charge on any atom is -0.481 e. The first-order valence-corrected chi connectivity index (χ1v) is 5.90. The van der Waals surface area contributed by atoms with Gasteiger partial charge in [-0.25, -0.2) is 4.79 Å². The first-order valence-electron chi connectivity index (χ1n) is 5.90. The molecule has 0 radical (unpaired) electrons. The van der Waals surface area contributed by atoms with E-state index in [1.54, 1.807) is 0 Å². The molecular formula is C11H22N2O3. The van der Waals surface area contributed by atoms with E-state index < -0.39 is 5.97 Å². The average molecular weight is 230 g/mol. The Morgan fingerprint density at radius 3 is 2.06 bits per heavy atom. The Labute approximate surface area is 96.6 Å². The lowest BCUT2D eigenvalue weighted by atomic mass is 10.2. The number of carboxylic acid groups (broad SMARTS) is 1. The van der Waals surface area contributed by atoms with Gasteiger partial charge in [0.05, 0.1) is 0 Å². The van der Waals surface area contributed by atoms with Gasteiger partial charge in [-0.15, -0.1) is 0 Å². The lowest BCUT2D eigenvalue weighted by molar-refractivity contribution is -0.137. The summed E-state index contributed by atoms with van der Waals surface area (Å²) in [5.41, 5.74) is 0. The van der Waals surface area contributed by atoms with Crippen molar-refractivity contribution in [1.82, 2.24) is 10.6 Å². The van der Waals surface area contributed by atoms with Crippen molar-refractivity contribution < 1.29 is 14.7 Å². The Morgan fingerprint density at radius 2 is 1.56 bits per heavy atom. The highest BCUT2D eigenvalue weighted by Crippen LogP contribution is 1.93. The van der Waals surface area contributed by atoms with Gasteiger partial charge < -0.3 is 15.7 Å². The van der Waals surface area contributed by atoms with Crippen LogP contribution in [-0.4, -0.2) is 30.2 Å². The predicted octanol–water partition coefficient (Wildman–Crippen LogP) is 1.73. The quantitative estimate of drug-likeness (QED) is 0.528. The average Bonchev–Trinajstić information content (AvgIpc) is 2.23. The maximum atomic E-state index is 11.2. The van der Waals surface area contributed by atoms with Crippen molar-refractivity contribution in [2.75, 3.05) is 13.1 Å². The largest absolute Gasteiger partial charge is 0.481 e. The standard InChI is InChI=1S/C11H22N2O3/c1-2-3-5-8-12-11(16)13-9-6-4-7-10(14)15/h2-9H2,1H3,(H,14,15)(H2,12,13,16). The van der Waals surface area contributed by atoms with Crippen molar-refractivity contribution >= 4 is 12.0 Å². The predicted molar refractivity (Wildman–Crippen MR) is 62.4 cm³/mol. The second-order valence-electron chi connectivity index (χ2n) is 3.74. The highest BCUT2D eigenvalue weighted by atomic mass is 16.4. The van der Waals surface area contributed by atoms with E-state index in [9.17, 15) is 9.59 Å². The SMILES string of the molecule is CCCCCNC(=O)NCCCCC(=O)O. The molecule has 0 aliphatic rings. The molecular weight excluding hydrogens is 208 g/mol. The van der Waals surface area contributed by atoms with Gasteiger partial charge in [0, 0.05) is 19.5 Å². The van der Waals surface area contributed by atoms with Crippen LogP contribution < -0.4 is 10.6 Å². The molecule has 0 bridgehead atoms. The lowest BCUT2D eigenvalue weighted by Crippen LogP contribution is -2.36. The highest BCUT2D eigenvalue weighted by molar-refractivity contribution is 5.73. The molecule has 3 N–H and O–H groups in total. The number of aliphatic carboxylic acids is 1. The molecule has 94 valence electrons. The number of rotatable bonds is 9. The van der Waals surface area contributed by atoms with Crippen LogP contribution in [0.3, 0.4) is 0 Å². The van der Waals surface area contributed by atoms with Gasteiger partial charge in [-0.3, -0.25) is 4.79 Å². The molecule has 2 amide bonds. The number of carbonyl (C=O) groups excluding carboxylic acids is 1. The van der Waals surface area contributed by atoms with Crippen LogP contribution in [0.2, 0.25) is 0 Å². The van der Waals surface area contributed by atoms with Crippen LogP contribution in [0.25, 0.3) is 0 Å². The summed E-state index contributed by atoms with van der Waals surface area (Å²) in [6, 6.07) is -0.161. The monoisotopic (exact) mass is 230 g/mol. The van der Waals surface area contributed by atoms with E-state index >= 15 is 0 Å². The molecule has 0 spiro atoms. The Hall–Kier alpha value is -1.26. The van der Waals surface area contributed by atoms with Crippen molar-refractivity contribution in [3.05, 3.63) is 0 Å². The molecule has 0 atom stereocenters. The summed E-state index contributed by atoms with van der Waals surface area (Å²) in [5.74, 6) is -0.788. The molecule has 0 aromatic carbocycles. The zero-order valence-corrected chi connectivity index (χ0v) is 9.92. The third-order valence-electron chi connectivity index (χ3n) is 2.17. The van der Waals surface area contributed by atoms with E-state index in [1.165, 1.54) is 0 Å². The van der Waals surface area contributed by atoms with Crippen molar-refractivity contribution in [2.24, 2.45) is 0 Å². The fourth-order valence-corrected chi connectivity index (χ4v) is 1.24. The number of hydrogen-bond donors (Lipinski definition) is 3. The molecule has 0 aliphatic heterocycles. The van der Waals surface area contributed by atoms with Gasteiger partial charge in [0.2, 0.25) is 0 Å². The Kier molecular flexibility index (Phi) is 9.46. The Bertz CT molecular complexity index is 207. The van der Waals surface area contributed by atoms with Gasteiger partial charge in [0.1, 0.15) is 0 Å². The fourth-order valence-electron chi connectivity index (χ4n) is 1.24. The first kappa shape index (κ1) is 14.7. The summed E-state index contributed by atoms with van der Waals surface area (Å²) in [6.45, 7) is 3.35. The topological polar surface area (TPSA) is 78.4 Å². The second-order valence-corrected chi connectivity index (χ2v) is 3.74. The van der Waals surface area contributed by atoms with E-state index in [4.69, 9.17) is 5.11 Å². The minimum atomic E-state index is -0.788. The van der Waals surface area contributed by atoms with Gasteiger partial charge in [-0.05, 0) is 19.3 Å². The highest BCUT2D eigenvalue weighted by Gasteiger charge is 1.99. The second kappa shape index (κ2) is 10.3. The van der Waals surface area contributed by atoms with E-state index in [0.29, 0.717) is 25.9 Å². The van der Waals surface area contributed by atoms with Gasteiger partial charge >= 0.3 is 12.0 Å².